The van der Waals surface area contributed by atoms with Crippen LogP contribution in [0.25, 0.3) is 0 Å². The summed E-state index contributed by atoms with van der Waals surface area (Å²) in [5.74, 6) is -0.624. The molecule has 0 aliphatic carbocycles. The zero-order chi connectivity index (χ0) is 28.5. The molecule has 2 unspecified atom stereocenters. The minimum Gasteiger partial charge on any atom is -0.774 e. The fourth-order valence-electron chi connectivity index (χ4n) is 4.90. The molecule has 0 aliphatic rings. The molecule has 0 rings (SSSR count). The number of unbranched alkanes of at least 4 members (excludes halogenated alkanes) is 16. The molecule has 228 valence electrons. The van der Waals surface area contributed by atoms with Crippen LogP contribution in [0.4, 0.5) is 0 Å². The van der Waals surface area contributed by atoms with Gasteiger partial charge in [-0.05, 0) is 32.1 Å². The number of rotatable bonds is 28. The van der Waals surface area contributed by atoms with Crippen LogP contribution in [0.5, 0.6) is 0 Å². The van der Waals surface area contributed by atoms with Gasteiger partial charge in [0.15, 0.2) is 13.4 Å². The van der Waals surface area contributed by atoms with Gasteiger partial charge in [0.1, 0.15) is 6.10 Å². The van der Waals surface area contributed by atoms with Crippen molar-refractivity contribution in [2.75, 3.05) is 41.0 Å². The number of hydrogen-bond donors (Lipinski definition) is 1. The maximum atomic E-state index is 12.4. The largest absolute Gasteiger partial charge is 0.774 e. The van der Waals surface area contributed by atoms with Crippen molar-refractivity contribution >= 4 is 7.60 Å². The third-order valence-corrected chi connectivity index (χ3v) is 9.48. The molecule has 7 heteroatoms. The minimum absolute atomic E-state index is 0.105. The molecule has 0 aromatic carbocycles. The number of hydrogen-bond acceptors (Lipinski definition) is 5. The van der Waals surface area contributed by atoms with Crippen molar-refractivity contribution in [3.05, 3.63) is 12.2 Å². The normalized spacial score (nSPS) is 15.7. The lowest BCUT2D eigenvalue weighted by molar-refractivity contribution is -0.884. The van der Waals surface area contributed by atoms with Crippen LogP contribution in [0, 0.1) is 0 Å². The predicted octanol–water partition coefficient (Wildman–Crippen LogP) is 7.97. The average Bonchev–Trinajstić information content (AvgIpc) is 2.85. The summed E-state index contributed by atoms with van der Waals surface area (Å²) < 4.78 is 23.3. The molecule has 3 atom stereocenters. The molecule has 6 nitrogen and oxygen atoms in total. The lowest BCUT2D eigenvalue weighted by Crippen LogP contribution is -2.47. The molecule has 0 saturated heterocycles. The second-order valence-electron chi connectivity index (χ2n) is 11.9. The van der Waals surface area contributed by atoms with E-state index in [1.807, 2.05) is 28.1 Å². The van der Waals surface area contributed by atoms with Crippen molar-refractivity contribution in [3.63, 3.8) is 0 Å². The smallest absolute Gasteiger partial charge is 0.193 e. The van der Waals surface area contributed by atoms with Crippen molar-refractivity contribution in [2.45, 2.75) is 148 Å². The van der Waals surface area contributed by atoms with Crippen molar-refractivity contribution in [3.8, 4) is 0 Å². The Kier molecular flexibility index (Phi) is 24.4. The molecule has 0 amide bonds. The first-order valence-electron chi connectivity index (χ1n) is 15.8. The summed E-state index contributed by atoms with van der Waals surface area (Å²) in [6.07, 6.45) is 27.8. The summed E-state index contributed by atoms with van der Waals surface area (Å²) >= 11 is 0. The number of nitrogens with zero attached hydrogens (tertiary/aromatic N) is 1. The second kappa shape index (κ2) is 24.6. The zero-order valence-electron chi connectivity index (χ0n) is 25.8. The molecule has 0 aliphatic heterocycles. The van der Waals surface area contributed by atoms with E-state index in [0.29, 0.717) is 13.0 Å². The molecule has 0 heterocycles. The van der Waals surface area contributed by atoms with E-state index in [1.165, 1.54) is 103 Å². The number of aliphatic hydroxyl groups excluding tert-OH is 1. The summed E-state index contributed by atoms with van der Waals surface area (Å²) in [5.41, 5.74) is 0. The summed E-state index contributed by atoms with van der Waals surface area (Å²) in [4.78, 5) is 12.4. The van der Waals surface area contributed by atoms with E-state index < -0.39 is 19.5 Å². The molecule has 0 bridgehead atoms. The SMILES string of the molecule is CCCCCCCCCCC/C=C\CCCCCCCCCOC[C@@H](O)COP(=O)([O-])C(CC)[N+](C)(C)C. The van der Waals surface area contributed by atoms with E-state index in [4.69, 9.17) is 9.26 Å². The third-order valence-electron chi connectivity index (χ3n) is 7.18. The lowest BCUT2D eigenvalue weighted by Gasteiger charge is -2.41. The fourth-order valence-corrected chi connectivity index (χ4v) is 6.75. The summed E-state index contributed by atoms with van der Waals surface area (Å²) in [6.45, 7) is 4.56. The molecule has 0 saturated carbocycles. The van der Waals surface area contributed by atoms with Crippen molar-refractivity contribution in [2.24, 2.45) is 0 Å². The molecule has 0 aromatic heterocycles. The minimum atomic E-state index is -4.06. The first-order valence-corrected chi connectivity index (χ1v) is 17.4. The maximum absolute atomic E-state index is 12.4. The first-order chi connectivity index (χ1) is 18.1. The van der Waals surface area contributed by atoms with Gasteiger partial charge in [-0.2, -0.15) is 0 Å². The van der Waals surface area contributed by atoms with Crippen molar-refractivity contribution < 1.29 is 28.3 Å². The molecule has 0 radical (unpaired) electrons. The number of allylic oxidation sites excluding steroid dienone is 2. The monoisotopic (exact) mass is 561 g/mol. The number of aliphatic hydroxyl groups is 1. The van der Waals surface area contributed by atoms with Crippen LogP contribution in [0.15, 0.2) is 12.2 Å². The molecule has 1 N–H and O–H groups in total. The van der Waals surface area contributed by atoms with E-state index in [-0.39, 0.29) is 17.7 Å². The van der Waals surface area contributed by atoms with Gasteiger partial charge in [0.2, 0.25) is 0 Å². The Balaban J connectivity index is 3.47. The lowest BCUT2D eigenvalue weighted by atomic mass is 10.1. The molecular formula is C31H64NO5P. The Labute approximate surface area is 236 Å². The topological polar surface area (TPSA) is 78.8 Å². The second-order valence-corrected chi connectivity index (χ2v) is 13.9. The third kappa shape index (κ3) is 22.6. The Morgan fingerprint density at radius 2 is 1.18 bits per heavy atom. The van der Waals surface area contributed by atoms with Gasteiger partial charge in [0.25, 0.3) is 0 Å². The van der Waals surface area contributed by atoms with Crippen LogP contribution >= 0.6 is 7.60 Å². The van der Waals surface area contributed by atoms with Crippen LogP contribution < -0.4 is 4.89 Å². The first kappa shape index (κ1) is 37.8. The van der Waals surface area contributed by atoms with Gasteiger partial charge in [-0.3, -0.25) is 0 Å². The standard InChI is InChI=1S/C31H64NO5P/c1-6-8-9-10-11-12-13-14-15-16-17-18-19-20-21-22-23-24-25-26-27-36-28-30(33)29-37-38(34,35)31(7-2)32(3,4)5/h17-18,30-31,33H,6-16,19-29H2,1-5H3/b18-17-/t30-,31?/m1/s1. The average molecular weight is 562 g/mol. The highest BCUT2D eigenvalue weighted by atomic mass is 31.2. The Hall–Kier alpha value is -0.230. The van der Waals surface area contributed by atoms with Crippen LogP contribution in [-0.4, -0.2) is 62.4 Å². The maximum Gasteiger partial charge on any atom is 0.193 e. The highest BCUT2D eigenvalue weighted by Gasteiger charge is 2.34. The van der Waals surface area contributed by atoms with Crippen LogP contribution in [0.2, 0.25) is 0 Å². The quantitative estimate of drug-likeness (QED) is 0.0453. The Bertz CT molecular complexity index is 593. The number of ether oxygens (including phenoxy) is 1. The van der Waals surface area contributed by atoms with E-state index in [2.05, 4.69) is 19.1 Å². The van der Waals surface area contributed by atoms with Crippen molar-refractivity contribution in [1.29, 1.82) is 0 Å². The fraction of sp³-hybridized carbons (Fsp3) is 0.935. The van der Waals surface area contributed by atoms with Gasteiger partial charge in [0, 0.05) is 13.0 Å². The molecular weight excluding hydrogens is 497 g/mol. The van der Waals surface area contributed by atoms with Gasteiger partial charge in [0.05, 0.1) is 34.4 Å². The van der Waals surface area contributed by atoms with Crippen molar-refractivity contribution in [1.82, 2.24) is 0 Å². The summed E-state index contributed by atoms with van der Waals surface area (Å²) in [6, 6.07) is 0. The summed E-state index contributed by atoms with van der Waals surface area (Å²) in [5, 5.41) is 10.0. The van der Waals surface area contributed by atoms with Crippen LogP contribution in [-0.2, 0) is 13.8 Å². The molecule has 0 fully saturated rings. The Morgan fingerprint density at radius 3 is 1.63 bits per heavy atom. The van der Waals surface area contributed by atoms with Gasteiger partial charge in [-0.25, -0.2) is 0 Å². The highest BCUT2D eigenvalue weighted by molar-refractivity contribution is 7.51. The van der Waals surface area contributed by atoms with Crippen LogP contribution in [0.1, 0.15) is 136 Å². The van der Waals surface area contributed by atoms with Gasteiger partial charge in [-0.1, -0.05) is 109 Å². The van der Waals surface area contributed by atoms with E-state index in [1.54, 1.807) is 0 Å². The Morgan fingerprint density at radius 1 is 0.737 bits per heavy atom. The van der Waals surface area contributed by atoms with Gasteiger partial charge >= 0.3 is 0 Å². The van der Waals surface area contributed by atoms with Gasteiger partial charge < -0.3 is 28.3 Å². The van der Waals surface area contributed by atoms with E-state index in [0.717, 1.165) is 12.8 Å². The zero-order valence-corrected chi connectivity index (χ0v) is 26.7. The summed E-state index contributed by atoms with van der Waals surface area (Å²) in [7, 11) is 1.44. The van der Waals surface area contributed by atoms with E-state index >= 15 is 0 Å². The van der Waals surface area contributed by atoms with E-state index in [9.17, 15) is 14.6 Å². The highest BCUT2D eigenvalue weighted by Crippen LogP contribution is 2.47. The molecule has 38 heavy (non-hydrogen) atoms. The number of quaternary nitrogens is 1. The molecule has 0 spiro atoms. The molecule has 0 aromatic rings. The predicted molar refractivity (Wildman–Crippen MR) is 160 cm³/mol. The van der Waals surface area contributed by atoms with Gasteiger partial charge in [-0.15, -0.1) is 0 Å². The van der Waals surface area contributed by atoms with Crippen LogP contribution in [0.3, 0.4) is 0 Å².